The molecule has 1 N–H and O–H groups in total. The minimum atomic E-state index is -0.795. The number of hydrogen-bond acceptors (Lipinski definition) is 4. The molecule has 0 unspecified atom stereocenters. The van der Waals surface area contributed by atoms with E-state index in [1.807, 2.05) is 4.90 Å². The van der Waals surface area contributed by atoms with Gasteiger partial charge < -0.3 is 15.1 Å². The molecule has 1 aliphatic heterocycles. The Kier molecular flexibility index (Phi) is 4.31. The molecule has 3 rings (SSSR count). The first-order chi connectivity index (χ1) is 11.1. The molecule has 8 heteroatoms. The van der Waals surface area contributed by atoms with Gasteiger partial charge in [-0.05, 0) is 12.1 Å². The number of para-hydroxylation sites is 1. The number of anilines is 2. The summed E-state index contributed by atoms with van der Waals surface area (Å²) in [5.41, 5.74) is -0.422. The van der Waals surface area contributed by atoms with Gasteiger partial charge >= 0.3 is 6.03 Å². The zero-order chi connectivity index (χ0) is 16.2. The lowest BCUT2D eigenvalue weighted by molar-refractivity contribution is 0.208. The molecule has 0 atom stereocenters. The zero-order valence-corrected chi connectivity index (χ0v) is 12.2. The molecule has 1 aliphatic rings. The van der Waals surface area contributed by atoms with Crippen LogP contribution < -0.4 is 10.2 Å². The Labute approximate surface area is 131 Å². The van der Waals surface area contributed by atoms with E-state index >= 15 is 0 Å². The van der Waals surface area contributed by atoms with Crippen molar-refractivity contribution in [2.75, 3.05) is 36.4 Å². The molecule has 0 saturated carbocycles. The third kappa shape index (κ3) is 3.36. The fraction of sp³-hybridized carbons (Fsp3) is 0.267. The molecular weight excluding hydrogens is 304 g/mol. The van der Waals surface area contributed by atoms with Gasteiger partial charge in [0, 0.05) is 38.6 Å². The first-order valence-corrected chi connectivity index (χ1v) is 7.16. The highest BCUT2D eigenvalue weighted by Crippen LogP contribution is 2.19. The smallest absolute Gasteiger partial charge is 0.322 e. The number of nitrogens with one attached hydrogen (secondary N) is 1. The van der Waals surface area contributed by atoms with Crippen molar-refractivity contribution in [1.82, 2.24) is 14.9 Å². The molecule has 1 fully saturated rings. The standard InChI is InChI=1S/C15H15F2N5O/c16-11-2-1-3-12(17)14(11)20-15(23)22-8-6-21(7-9-22)13-10-18-4-5-19-13/h1-5,10H,6-9H2,(H,20,23). The fourth-order valence-electron chi connectivity index (χ4n) is 2.40. The minimum absolute atomic E-state index is 0.422. The van der Waals surface area contributed by atoms with Crippen molar-refractivity contribution in [3.05, 3.63) is 48.4 Å². The number of rotatable bonds is 2. The van der Waals surface area contributed by atoms with Gasteiger partial charge in [0.15, 0.2) is 0 Å². The Morgan fingerprint density at radius 1 is 1.09 bits per heavy atom. The highest BCUT2D eigenvalue weighted by Gasteiger charge is 2.23. The lowest BCUT2D eigenvalue weighted by Crippen LogP contribution is -2.50. The van der Waals surface area contributed by atoms with Crippen LogP contribution in [0.3, 0.4) is 0 Å². The molecule has 6 nitrogen and oxygen atoms in total. The molecule has 0 aliphatic carbocycles. The normalized spacial score (nSPS) is 14.7. The van der Waals surface area contributed by atoms with Crippen LogP contribution in [0.15, 0.2) is 36.8 Å². The topological polar surface area (TPSA) is 61.4 Å². The molecule has 120 valence electrons. The number of piperazine rings is 1. The van der Waals surface area contributed by atoms with Crippen LogP contribution >= 0.6 is 0 Å². The Morgan fingerprint density at radius 2 is 1.78 bits per heavy atom. The highest BCUT2D eigenvalue weighted by atomic mass is 19.1. The van der Waals surface area contributed by atoms with E-state index in [4.69, 9.17) is 0 Å². The Morgan fingerprint density at radius 3 is 2.39 bits per heavy atom. The van der Waals surface area contributed by atoms with Crippen molar-refractivity contribution in [2.45, 2.75) is 0 Å². The van der Waals surface area contributed by atoms with E-state index in [0.29, 0.717) is 26.2 Å². The average molecular weight is 319 g/mol. The van der Waals surface area contributed by atoms with E-state index in [9.17, 15) is 13.6 Å². The second kappa shape index (κ2) is 6.55. The Balaban J connectivity index is 1.60. The van der Waals surface area contributed by atoms with Crippen molar-refractivity contribution < 1.29 is 13.6 Å². The summed E-state index contributed by atoms with van der Waals surface area (Å²) in [6.45, 7) is 2.01. The van der Waals surface area contributed by atoms with Crippen LogP contribution in [0.4, 0.5) is 25.1 Å². The lowest BCUT2D eigenvalue weighted by atomic mass is 10.3. The van der Waals surface area contributed by atoms with Gasteiger partial charge in [0.1, 0.15) is 23.1 Å². The van der Waals surface area contributed by atoms with Gasteiger partial charge in [-0.3, -0.25) is 4.98 Å². The fourth-order valence-corrected chi connectivity index (χ4v) is 2.40. The summed E-state index contributed by atoms with van der Waals surface area (Å²) in [6.07, 6.45) is 4.86. The van der Waals surface area contributed by atoms with Crippen LogP contribution in [-0.2, 0) is 0 Å². The lowest BCUT2D eigenvalue weighted by Gasteiger charge is -2.35. The monoisotopic (exact) mass is 319 g/mol. The van der Waals surface area contributed by atoms with Crippen molar-refractivity contribution in [1.29, 1.82) is 0 Å². The highest BCUT2D eigenvalue weighted by molar-refractivity contribution is 5.89. The molecule has 2 aromatic rings. The number of benzene rings is 1. The van der Waals surface area contributed by atoms with Crippen molar-refractivity contribution in [3.8, 4) is 0 Å². The van der Waals surface area contributed by atoms with Gasteiger partial charge in [-0.2, -0.15) is 0 Å². The second-order valence-electron chi connectivity index (χ2n) is 5.06. The molecule has 1 aromatic heterocycles. The van der Waals surface area contributed by atoms with Crippen LogP contribution in [0.25, 0.3) is 0 Å². The number of aromatic nitrogens is 2. The predicted octanol–water partition coefficient (Wildman–Crippen LogP) is 2.11. The van der Waals surface area contributed by atoms with Crippen molar-refractivity contribution in [3.63, 3.8) is 0 Å². The van der Waals surface area contributed by atoms with Crippen LogP contribution in [0.2, 0.25) is 0 Å². The molecule has 2 amide bonds. The molecule has 0 bridgehead atoms. The summed E-state index contributed by atoms with van der Waals surface area (Å²) in [5, 5.41) is 2.29. The van der Waals surface area contributed by atoms with Crippen molar-refractivity contribution >= 4 is 17.5 Å². The van der Waals surface area contributed by atoms with E-state index in [-0.39, 0.29) is 0 Å². The van der Waals surface area contributed by atoms with Gasteiger partial charge in [-0.15, -0.1) is 0 Å². The zero-order valence-electron chi connectivity index (χ0n) is 12.2. The van der Waals surface area contributed by atoms with E-state index < -0.39 is 23.4 Å². The summed E-state index contributed by atoms with van der Waals surface area (Å²) in [5.74, 6) is -0.846. The van der Waals surface area contributed by atoms with E-state index in [1.165, 1.54) is 11.0 Å². The molecule has 2 heterocycles. The number of nitrogens with zero attached hydrogens (tertiary/aromatic N) is 4. The number of amides is 2. The Bertz CT molecular complexity index is 669. The van der Waals surface area contributed by atoms with E-state index in [2.05, 4.69) is 15.3 Å². The molecule has 1 aromatic carbocycles. The summed E-state index contributed by atoms with van der Waals surface area (Å²) < 4.78 is 27.1. The first-order valence-electron chi connectivity index (χ1n) is 7.16. The van der Waals surface area contributed by atoms with Gasteiger partial charge in [0.05, 0.1) is 6.20 Å². The molecule has 1 saturated heterocycles. The summed E-state index contributed by atoms with van der Waals surface area (Å²) in [6, 6.07) is 2.93. The van der Waals surface area contributed by atoms with Crippen LogP contribution in [-0.4, -0.2) is 47.1 Å². The van der Waals surface area contributed by atoms with Crippen LogP contribution in [0.1, 0.15) is 0 Å². The minimum Gasteiger partial charge on any atom is -0.352 e. The van der Waals surface area contributed by atoms with E-state index in [1.54, 1.807) is 18.6 Å². The second-order valence-corrected chi connectivity index (χ2v) is 5.06. The number of carbonyl (C=O) groups is 1. The quantitative estimate of drug-likeness (QED) is 0.921. The first kappa shape index (κ1) is 15.1. The van der Waals surface area contributed by atoms with Crippen molar-refractivity contribution in [2.24, 2.45) is 0 Å². The molecule has 23 heavy (non-hydrogen) atoms. The maximum absolute atomic E-state index is 13.6. The maximum Gasteiger partial charge on any atom is 0.322 e. The largest absolute Gasteiger partial charge is 0.352 e. The SMILES string of the molecule is O=C(Nc1c(F)cccc1F)N1CCN(c2cnccn2)CC1. The Hall–Kier alpha value is -2.77. The maximum atomic E-state index is 13.6. The van der Waals surface area contributed by atoms with Crippen LogP contribution in [0, 0.1) is 11.6 Å². The van der Waals surface area contributed by atoms with Crippen LogP contribution in [0.5, 0.6) is 0 Å². The number of halogens is 2. The predicted molar refractivity (Wildman–Crippen MR) is 81.2 cm³/mol. The molecular formula is C15H15F2N5O. The van der Waals surface area contributed by atoms with Gasteiger partial charge in [0.2, 0.25) is 0 Å². The number of urea groups is 1. The molecule has 0 spiro atoms. The van der Waals surface area contributed by atoms with Gasteiger partial charge in [0.25, 0.3) is 0 Å². The summed E-state index contributed by atoms with van der Waals surface area (Å²) >= 11 is 0. The number of hydrogen-bond donors (Lipinski definition) is 1. The molecule has 0 radical (unpaired) electrons. The summed E-state index contributed by atoms with van der Waals surface area (Å²) in [7, 11) is 0. The summed E-state index contributed by atoms with van der Waals surface area (Å²) in [4.78, 5) is 23.9. The average Bonchev–Trinajstić information content (AvgIpc) is 2.59. The third-order valence-corrected chi connectivity index (χ3v) is 3.64. The van der Waals surface area contributed by atoms with Gasteiger partial charge in [-0.25, -0.2) is 18.6 Å². The third-order valence-electron chi connectivity index (χ3n) is 3.64. The van der Waals surface area contributed by atoms with Gasteiger partial charge in [-0.1, -0.05) is 6.07 Å². The van der Waals surface area contributed by atoms with E-state index in [0.717, 1.165) is 18.0 Å². The number of carbonyl (C=O) groups excluding carboxylic acids is 1.